The maximum Gasteiger partial charge on any atom is 0.410 e. The number of hydrogen-bond acceptors (Lipinski definition) is 31. The SMILES string of the molecule is COc1nc(Nc2cc(-c3ccc(OC4CCN(C(=O)CO)CC4(F)F)c(C#N)c3)ncn2)ccc1C(=O)N(C)C.COc1nc(Nc2cc(-c3ccc(OC4CCN(C(=O)OC(C)(C)C)CC4(F)F)c(C#N)c3)ncn2)ccc1C(=O)N(C)C.COc1nc(Nc2cc(-c3ccc(OC4CCNCC4(F)F)c(C#N)c3)ncn2)ccc1C(=O)N(C)C.Cl.O=C(O)CO. The first-order valence-electron chi connectivity index (χ1n) is 38.5. The number of ether oxygens (including phenoxy) is 7. The van der Waals surface area contributed by atoms with E-state index in [0.717, 1.165) is 9.80 Å². The van der Waals surface area contributed by atoms with E-state index >= 15 is 8.78 Å². The van der Waals surface area contributed by atoms with E-state index in [2.05, 4.69) is 66.1 Å². The molecule has 9 aromatic rings. The van der Waals surface area contributed by atoms with Gasteiger partial charge in [0.05, 0.1) is 74.7 Å². The van der Waals surface area contributed by atoms with Gasteiger partial charge in [-0.2, -0.15) is 30.7 Å². The van der Waals surface area contributed by atoms with Crippen molar-refractivity contribution in [3.8, 4) is 86.9 Å². The van der Waals surface area contributed by atoms with Crippen LogP contribution in [0.4, 0.5) is 66.0 Å². The van der Waals surface area contributed by atoms with Crippen LogP contribution in [0, 0.1) is 34.0 Å². The van der Waals surface area contributed by atoms with Crippen molar-refractivity contribution >= 4 is 83.0 Å². The van der Waals surface area contributed by atoms with E-state index in [-0.39, 0.29) is 114 Å². The Hall–Kier alpha value is -14.6. The maximum atomic E-state index is 15.0. The lowest BCUT2D eigenvalue weighted by Gasteiger charge is -2.38. The molecule has 3 fully saturated rings. The van der Waals surface area contributed by atoms with E-state index in [1.165, 1.54) is 91.4 Å². The Morgan fingerprint density at radius 3 is 1.10 bits per heavy atom. The maximum absolute atomic E-state index is 15.0. The average molecular weight is 1800 g/mol. The molecule has 3 aliphatic heterocycles. The fraction of sp³-hybridized carbons (Fsp3) is 0.357. The third-order valence-corrected chi connectivity index (χ3v) is 18.6. The number of carboxylic acid groups (broad SMARTS) is 1. The number of aliphatic carboxylic acids is 1. The van der Waals surface area contributed by atoms with Gasteiger partial charge in [-0.25, -0.2) is 65.8 Å². The van der Waals surface area contributed by atoms with Crippen LogP contribution in [0.25, 0.3) is 33.8 Å². The molecule has 0 aliphatic carbocycles. The van der Waals surface area contributed by atoms with Crippen LogP contribution in [-0.4, -0.2) is 278 Å². The van der Waals surface area contributed by atoms with Crippen molar-refractivity contribution in [1.29, 1.82) is 15.8 Å². The van der Waals surface area contributed by atoms with Crippen LogP contribution >= 0.6 is 12.4 Å². The number of aliphatic hydroxyl groups is 2. The van der Waals surface area contributed by atoms with Gasteiger partial charge in [0.1, 0.15) is 125 Å². The first kappa shape index (κ1) is 98.8. The predicted molar refractivity (Wildman–Crippen MR) is 451 cm³/mol. The summed E-state index contributed by atoms with van der Waals surface area (Å²) in [7, 11) is 14.0. The summed E-state index contributed by atoms with van der Waals surface area (Å²) in [5.74, 6) is -9.81. The molecule has 3 saturated heterocycles. The molecule has 676 valence electrons. The molecule has 37 nitrogen and oxygen atoms in total. The number of hydrogen-bond donors (Lipinski definition) is 7. The molecule has 3 aliphatic rings. The summed E-state index contributed by atoms with van der Waals surface area (Å²) in [5.41, 5.74) is 3.21. The largest absolute Gasteiger partial charge is 0.483 e. The van der Waals surface area contributed by atoms with Crippen LogP contribution in [0.15, 0.2) is 128 Å². The Morgan fingerprint density at radius 2 is 0.812 bits per heavy atom. The molecule has 7 N–H and O–H groups in total. The van der Waals surface area contributed by atoms with Gasteiger partial charge in [-0.1, -0.05) is 0 Å². The molecule has 128 heavy (non-hydrogen) atoms. The van der Waals surface area contributed by atoms with Gasteiger partial charge in [-0.05, 0) is 118 Å². The zero-order valence-corrected chi connectivity index (χ0v) is 71.9. The Labute approximate surface area is 736 Å². The lowest BCUT2D eigenvalue weighted by Crippen LogP contribution is -2.56. The lowest BCUT2D eigenvalue weighted by molar-refractivity contribution is -0.161. The number of benzene rings is 3. The molecule has 3 aromatic carbocycles. The third kappa shape index (κ3) is 26.0. The van der Waals surface area contributed by atoms with Crippen LogP contribution in [-0.2, 0) is 14.3 Å². The number of anilines is 6. The predicted octanol–water partition coefficient (Wildman–Crippen LogP) is 10.1. The van der Waals surface area contributed by atoms with E-state index in [1.54, 1.807) is 136 Å². The lowest BCUT2D eigenvalue weighted by atomic mass is 10.0. The summed E-state index contributed by atoms with van der Waals surface area (Å²) < 4.78 is 126. The second-order valence-corrected chi connectivity index (χ2v) is 29.6. The Kier molecular flexibility index (Phi) is 33.8. The number of likely N-dealkylation sites (tertiary alicyclic amines) is 2. The summed E-state index contributed by atoms with van der Waals surface area (Å²) in [4.78, 5) is 115. The zero-order chi connectivity index (χ0) is 92.8. The van der Waals surface area contributed by atoms with Crippen LogP contribution in [0.2, 0.25) is 0 Å². The van der Waals surface area contributed by atoms with E-state index in [4.69, 9.17) is 53.3 Å². The molecule has 9 heterocycles. The first-order chi connectivity index (χ1) is 60.2. The van der Waals surface area contributed by atoms with Crippen molar-refractivity contribution < 1.29 is 104 Å². The number of piperidine rings is 3. The van der Waals surface area contributed by atoms with Crippen LogP contribution < -0.4 is 49.7 Å². The number of amides is 5. The summed E-state index contributed by atoms with van der Waals surface area (Å²) in [6.45, 7) is 1.56. The second kappa shape index (κ2) is 43.8. The summed E-state index contributed by atoms with van der Waals surface area (Å²) in [6.07, 6.45) is -1.47. The minimum absolute atomic E-state index is 0. The van der Waals surface area contributed by atoms with Crippen molar-refractivity contribution in [1.82, 2.24) is 74.7 Å². The van der Waals surface area contributed by atoms with Crippen molar-refractivity contribution in [3.63, 3.8) is 0 Å². The first-order valence-corrected chi connectivity index (χ1v) is 38.5. The van der Waals surface area contributed by atoms with Gasteiger partial charge in [0.25, 0.3) is 23.6 Å². The van der Waals surface area contributed by atoms with Crippen LogP contribution in [0.5, 0.6) is 34.9 Å². The number of pyridine rings is 3. The topological polar surface area (TPSA) is 479 Å². The monoisotopic (exact) mass is 1800 g/mol. The van der Waals surface area contributed by atoms with Gasteiger partial charge < -0.3 is 94.2 Å². The molecule has 5 amide bonds. The quantitative estimate of drug-likeness (QED) is 0.0293. The number of rotatable bonds is 23. The minimum atomic E-state index is -3.38. The molecule has 44 heteroatoms. The van der Waals surface area contributed by atoms with Gasteiger partial charge >= 0.3 is 23.9 Å². The highest BCUT2D eigenvalue weighted by Crippen LogP contribution is 2.39. The van der Waals surface area contributed by atoms with Crippen molar-refractivity contribution in [2.45, 2.75) is 81.7 Å². The van der Waals surface area contributed by atoms with E-state index in [1.807, 2.05) is 18.2 Å². The molecule has 0 bridgehead atoms. The Bertz CT molecular complexity index is 5630. The highest BCUT2D eigenvalue weighted by molar-refractivity contribution is 5.98. The van der Waals surface area contributed by atoms with Crippen molar-refractivity contribution in [2.24, 2.45) is 0 Å². The van der Waals surface area contributed by atoms with E-state index in [0.29, 0.717) is 91.9 Å². The van der Waals surface area contributed by atoms with Gasteiger partial charge in [-0.15, -0.1) is 12.4 Å². The molecule has 0 radical (unpaired) electrons. The smallest absolute Gasteiger partial charge is 0.410 e. The molecule has 0 spiro atoms. The van der Waals surface area contributed by atoms with E-state index in [9.17, 15) is 57.3 Å². The zero-order valence-electron chi connectivity index (χ0n) is 71.1. The number of alkyl halides is 6. The summed E-state index contributed by atoms with van der Waals surface area (Å²) >= 11 is 0. The molecular weight excluding hydrogens is 1710 g/mol. The number of aliphatic hydroxyl groups excluding tert-OH is 2. The number of carbonyl (C=O) groups excluding carboxylic acids is 5. The van der Waals surface area contributed by atoms with Gasteiger partial charge in [0, 0.05) is 110 Å². The molecule has 12 rings (SSSR count). The molecule has 3 unspecified atom stereocenters. The summed E-state index contributed by atoms with van der Waals surface area (Å²) in [6, 6.07) is 34.1. The number of halogens is 7. The number of nitriles is 3. The highest BCUT2D eigenvalue weighted by atomic mass is 35.5. The highest BCUT2D eigenvalue weighted by Gasteiger charge is 2.50. The number of nitrogens with one attached hydrogen (secondary N) is 4. The molecular formula is C84H90ClF6N21O16. The molecule has 3 atom stereocenters. The molecule has 0 saturated carbocycles. The number of carbonyl (C=O) groups is 6. The average Bonchev–Trinajstić information content (AvgIpc) is 0.797. The normalized spacial score (nSPS) is 15.6. The number of carboxylic acids is 1. The van der Waals surface area contributed by atoms with E-state index < -0.39 is 92.5 Å². The molecule has 6 aromatic heterocycles. The Balaban J connectivity index is 0.000000231. The van der Waals surface area contributed by atoms with Crippen molar-refractivity contribution in [3.05, 3.63) is 162 Å². The fourth-order valence-electron chi connectivity index (χ4n) is 12.3. The van der Waals surface area contributed by atoms with Crippen LogP contribution in [0.3, 0.4) is 0 Å². The van der Waals surface area contributed by atoms with Gasteiger partial charge in [0.15, 0.2) is 18.3 Å². The number of nitrogens with zero attached hydrogens (tertiary/aromatic N) is 17. The Morgan fingerprint density at radius 1 is 0.484 bits per heavy atom. The minimum Gasteiger partial charge on any atom is -0.483 e. The van der Waals surface area contributed by atoms with Gasteiger partial charge in [0.2, 0.25) is 23.5 Å². The second-order valence-electron chi connectivity index (χ2n) is 29.6. The fourth-order valence-corrected chi connectivity index (χ4v) is 12.3. The number of methoxy groups -OCH3 is 3. The number of aromatic nitrogens is 9. The standard InChI is InChI=1S/C30H33F2N7O5.C27H27F2N7O5.C25H25F2N7O3.C2H4O3.ClH/c1-29(2,3)44-28(41)39-12-11-23(30(31,32)16-39)43-22-9-7-18(13-19(22)15-33)21-14-25(35-17-34-21)36-24-10-8-20(26(37-24)42-6)27(40)38(4)5;1-35(2)26(39)18-5-7-22(34-25(18)40-3)33-23-11-19(31-15-32-23)16-4-6-20(17(10-16)12-30)41-21-8-9-36(24(38)13-37)14-27(21,28)29;1-34(2)24(35)17-5-7-21(33-23(17)36-3)32-22-11-18(30-14-31-22)15-4-6-19(16(10-15)12-28)37-20-8-9-29-13-25(20,26)27;3-1-2(4)5;/h7-10,13-14,17,23H,11-12,16H2,1-6H3,(H,34,35,36,37);4-7,10-11,15,21,37H,8-9,13-14H2,1-3H3,(H,31,32,33,34);4-7,10-11,14,20,29H,8-9,13H2,1-3H3,(H,30,31,32,33);3H,1H2,(H,4,5);1H. The van der Waals surface area contributed by atoms with Crippen LogP contribution in [0.1, 0.15) is 87.8 Å². The van der Waals surface area contributed by atoms with Crippen molar-refractivity contribution in [2.75, 3.05) is 132 Å². The third-order valence-electron chi connectivity index (χ3n) is 18.6. The van der Waals surface area contributed by atoms with Gasteiger partial charge in [-0.3, -0.25) is 19.2 Å². The summed E-state index contributed by atoms with van der Waals surface area (Å²) in [5, 5.41) is 64.8.